The highest BCUT2D eigenvalue weighted by molar-refractivity contribution is 5.90. The monoisotopic (exact) mass is 264 g/mol. The minimum absolute atomic E-state index is 2.52. The number of carbonyl (C=O) groups excluding carboxylic acids is 1. The molecule has 0 aliphatic rings. The summed E-state index contributed by atoms with van der Waals surface area (Å²) >= 11 is 0. The first-order valence-corrected chi connectivity index (χ1v) is 3.72. The van der Waals surface area contributed by atoms with E-state index in [9.17, 15) is 39.9 Å². The Hall–Kier alpha value is -1.67. The summed E-state index contributed by atoms with van der Waals surface area (Å²) in [4.78, 5) is 10.1. The van der Waals surface area contributed by atoms with Crippen LogP contribution in [0, 0.1) is 23.3 Å². The molecule has 0 saturated heterocycles. The van der Waals surface area contributed by atoms with Gasteiger partial charge in [-0.2, -0.15) is 17.6 Å². The van der Waals surface area contributed by atoms with Crippen molar-refractivity contribution in [1.82, 2.24) is 0 Å². The predicted octanol–water partition coefficient (Wildman–Crippen LogP) is 3.37. The van der Waals surface area contributed by atoms with Gasteiger partial charge >= 0.3 is 12.2 Å². The van der Waals surface area contributed by atoms with Crippen LogP contribution in [0.5, 0.6) is 0 Å². The van der Waals surface area contributed by atoms with Crippen molar-refractivity contribution in [1.29, 1.82) is 0 Å². The first-order chi connectivity index (χ1) is 7.59. The molecule has 0 atom stereocenters. The molecule has 0 heterocycles. The van der Waals surface area contributed by atoms with Gasteiger partial charge in [0.15, 0.2) is 23.3 Å². The van der Waals surface area contributed by atoms with Gasteiger partial charge < -0.3 is 0 Å². The van der Waals surface area contributed by atoms with Gasteiger partial charge in [-0.15, -0.1) is 0 Å². The molecule has 0 aromatic heterocycles. The fourth-order valence-electron chi connectivity index (χ4n) is 1.08. The molecule has 1 rings (SSSR count). The molecule has 1 nitrogen and oxygen atoms in total. The number of rotatable bonds is 1. The summed E-state index contributed by atoms with van der Waals surface area (Å²) in [5.41, 5.74) is -5.34. The number of hydrogen-bond acceptors (Lipinski definition) is 1. The highest BCUT2D eigenvalue weighted by atomic mass is 19.4. The summed E-state index contributed by atoms with van der Waals surface area (Å²) in [6, 6.07) is -3.06. The molecule has 1 aromatic rings. The van der Waals surface area contributed by atoms with E-state index in [0.29, 0.717) is 0 Å². The van der Waals surface area contributed by atoms with E-state index in [1.165, 1.54) is 0 Å². The van der Waals surface area contributed by atoms with Gasteiger partial charge in [0.25, 0.3) is 0 Å². The average Bonchev–Trinajstić information content (AvgIpc) is 2.17. The molecule has 0 fully saturated rings. The number of halogens is 8. The zero-order valence-corrected chi connectivity index (χ0v) is 7.43. The topological polar surface area (TPSA) is 17.1 Å². The lowest BCUT2D eigenvalue weighted by Gasteiger charge is -2.12. The maximum Gasteiger partial charge on any atom is 0.420 e. The summed E-state index contributed by atoms with van der Waals surface area (Å²) in [7, 11) is 0. The van der Waals surface area contributed by atoms with Gasteiger partial charge in [-0.3, -0.25) is 4.79 Å². The van der Waals surface area contributed by atoms with Crippen molar-refractivity contribution in [3.05, 3.63) is 34.4 Å². The molecule has 9 heteroatoms. The summed E-state index contributed by atoms with van der Waals surface area (Å²) in [6.45, 7) is 0. The highest BCUT2D eigenvalue weighted by Gasteiger charge is 2.44. The van der Waals surface area contributed by atoms with Gasteiger partial charge in [0.1, 0.15) is 11.1 Å². The Labute approximate surface area is 87.6 Å². The van der Waals surface area contributed by atoms with E-state index < -0.39 is 46.6 Å². The van der Waals surface area contributed by atoms with Crippen molar-refractivity contribution in [2.24, 2.45) is 0 Å². The molecule has 0 aliphatic heterocycles. The Kier molecular flexibility index (Phi) is 3.13. The number of hydrogen-bond donors (Lipinski definition) is 0. The lowest BCUT2D eigenvalue weighted by Crippen LogP contribution is -2.19. The third kappa shape index (κ3) is 2.08. The maximum atomic E-state index is 12.7. The Bertz CT molecular complexity index is 490. The second-order valence-electron chi connectivity index (χ2n) is 2.78. The molecule has 94 valence electrons. The smallest absolute Gasteiger partial charge is 0.255 e. The largest absolute Gasteiger partial charge is 0.420 e. The SMILES string of the molecule is O=C(F)c1c(F)c(F)c(F)c(F)c1C(F)(F)F. The molecule has 0 saturated carbocycles. The molecule has 0 spiro atoms. The molecular formula is C8F8O. The minimum Gasteiger partial charge on any atom is -0.255 e. The van der Waals surface area contributed by atoms with E-state index in [1.54, 1.807) is 0 Å². The molecule has 0 unspecified atom stereocenters. The highest BCUT2D eigenvalue weighted by Crippen LogP contribution is 2.37. The van der Waals surface area contributed by atoms with Crippen LogP contribution in [-0.4, -0.2) is 6.04 Å². The van der Waals surface area contributed by atoms with Gasteiger partial charge in [0.05, 0.1) is 0 Å². The van der Waals surface area contributed by atoms with Crippen LogP contribution < -0.4 is 0 Å². The fourth-order valence-corrected chi connectivity index (χ4v) is 1.08. The predicted molar refractivity (Wildman–Crippen MR) is 36.7 cm³/mol. The van der Waals surface area contributed by atoms with Crippen LogP contribution in [0.2, 0.25) is 0 Å². The Balaban J connectivity index is 3.86. The third-order valence-corrected chi connectivity index (χ3v) is 1.75. The van der Waals surface area contributed by atoms with Crippen molar-refractivity contribution in [2.45, 2.75) is 6.18 Å². The summed E-state index contributed by atoms with van der Waals surface area (Å²) < 4.78 is 99.1. The normalized spacial score (nSPS) is 11.8. The molecule has 0 aliphatic carbocycles. The van der Waals surface area contributed by atoms with E-state index in [2.05, 4.69) is 0 Å². The van der Waals surface area contributed by atoms with E-state index in [1.807, 2.05) is 0 Å². The van der Waals surface area contributed by atoms with Crippen LogP contribution in [-0.2, 0) is 6.18 Å². The lowest BCUT2D eigenvalue weighted by molar-refractivity contribution is -0.141. The summed E-state index contributed by atoms with van der Waals surface area (Å²) in [6.07, 6.45) is -5.75. The van der Waals surface area contributed by atoms with Crippen molar-refractivity contribution >= 4 is 6.04 Å². The Morgan fingerprint density at radius 3 is 1.59 bits per heavy atom. The quantitative estimate of drug-likeness (QED) is 0.329. The molecule has 17 heavy (non-hydrogen) atoms. The van der Waals surface area contributed by atoms with Gasteiger partial charge in [0.2, 0.25) is 0 Å². The Morgan fingerprint density at radius 2 is 1.24 bits per heavy atom. The second kappa shape index (κ2) is 3.97. The van der Waals surface area contributed by atoms with Gasteiger partial charge in [-0.25, -0.2) is 17.6 Å². The number of carbonyl (C=O) groups is 1. The van der Waals surface area contributed by atoms with E-state index >= 15 is 0 Å². The summed E-state index contributed by atoms with van der Waals surface area (Å²) in [5, 5.41) is 0. The van der Waals surface area contributed by atoms with Crippen LogP contribution in [0.3, 0.4) is 0 Å². The van der Waals surface area contributed by atoms with E-state index in [-0.39, 0.29) is 0 Å². The van der Waals surface area contributed by atoms with Gasteiger partial charge in [-0.05, 0) is 0 Å². The zero-order valence-electron chi connectivity index (χ0n) is 7.43. The summed E-state index contributed by atoms with van der Waals surface area (Å²) in [5.74, 6) is -11.1. The van der Waals surface area contributed by atoms with Gasteiger partial charge in [0, 0.05) is 0 Å². The molecule has 0 amide bonds. The van der Waals surface area contributed by atoms with Crippen molar-refractivity contribution in [2.75, 3.05) is 0 Å². The van der Waals surface area contributed by atoms with Crippen LogP contribution in [0.1, 0.15) is 15.9 Å². The van der Waals surface area contributed by atoms with Crippen LogP contribution in [0.15, 0.2) is 0 Å². The third-order valence-electron chi connectivity index (χ3n) is 1.75. The molecule has 0 radical (unpaired) electrons. The fraction of sp³-hybridized carbons (Fsp3) is 0.125. The van der Waals surface area contributed by atoms with Crippen LogP contribution in [0.4, 0.5) is 35.1 Å². The van der Waals surface area contributed by atoms with Crippen molar-refractivity contribution < 1.29 is 39.9 Å². The van der Waals surface area contributed by atoms with E-state index in [0.717, 1.165) is 0 Å². The molecular weight excluding hydrogens is 264 g/mol. The minimum atomic E-state index is -5.75. The average molecular weight is 264 g/mol. The maximum absolute atomic E-state index is 12.7. The number of alkyl halides is 3. The van der Waals surface area contributed by atoms with Crippen LogP contribution in [0.25, 0.3) is 0 Å². The van der Waals surface area contributed by atoms with Crippen LogP contribution >= 0.6 is 0 Å². The number of benzene rings is 1. The molecule has 0 bridgehead atoms. The van der Waals surface area contributed by atoms with E-state index in [4.69, 9.17) is 0 Å². The molecule has 1 aromatic carbocycles. The second-order valence-corrected chi connectivity index (χ2v) is 2.78. The van der Waals surface area contributed by atoms with Crippen molar-refractivity contribution in [3.63, 3.8) is 0 Å². The standard InChI is InChI=1S/C8F8O/c9-3-1(7(13)17)2(8(14,15)16)4(10)6(12)5(3)11. The first-order valence-electron chi connectivity index (χ1n) is 3.72. The first kappa shape index (κ1) is 13.4. The molecule has 0 N–H and O–H groups in total. The van der Waals surface area contributed by atoms with Crippen molar-refractivity contribution in [3.8, 4) is 0 Å². The zero-order chi connectivity index (χ0) is 13.5. The van der Waals surface area contributed by atoms with Gasteiger partial charge in [-0.1, -0.05) is 0 Å². The Morgan fingerprint density at radius 1 is 0.824 bits per heavy atom. The lowest BCUT2D eigenvalue weighted by atomic mass is 10.1.